The van der Waals surface area contributed by atoms with Gasteiger partial charge in [0.1, 0.15) is 0 Å². The summed E-state index contributed by atoms with van der Waals surface area (Å²) < 4.78 is 0. The maximum atomic E-state index is 6.20. The maximum absolute atomic E-state index is 6.20. The van der Waals surface area contributed by atoms with Gasteiger partial charge in [-0.1, -0.05) is 42.6 Å². The molecule has 0 radical (unpaired) electrons. The second-order valence-electron chi connectivity index (χ2n) is 5.02. The van der Waals surface area contributed by atoms with Gasteiger partial charge in [-0.05, 0) is 31.5 Å². The molecule has 0 spiro atoms. The second-order valence-corrected chi connectivity index (χ2v) is 5.43. The standard InChI is InChI=1S/C14H21ClN2/c1-17(14-9-5-4-8-13(14)16)10-11-6-2-3-7-12(11)15/h2-3,6-7,13-14H,4-5,8-10,16H2,1H3. The van der Waals surface area contributed by atoms with E-state index in [4.69, 9.17) is 17.3 Å². The summed E-state index contributed by atoms with van der Waals surface area (Å²) in [6.07, 6.45) is 4.93. The molecular formula is C14H21ClN2. The van der Waals surface area contributed by atoms with Gasteiger partial charge in [0.2, 0.25) is 0 Å². The van der Waals surface area contributed by atoms with Crippen LogP contribution < -0.4 is 5.73 Å². The second kappa shape index (κ2) is 5.85. The van der Waals surface area contributed by atoms with E-state index in [-0.39, 0.29) is 0 Å². The molecule has 94 valence electrons. The van der Waals surface area contributed by atoms with E-state index in [1.165, 1.54) is 24.8 Å². The summed E-state index contributed by atoms with van der Waals surface area (Å²) in [4.78, 5) is 2.35. The van der Waals surface area contributed by atoms with E-state index in [0.717, 1.165) is 18.0 Å². The Hall–Kier alpha value is -0.570. The largest absolute Gasteiger partial charge is 0.326 e. The summed E-state index contributed by atoms with van der Waals surface area (Å²) in [5.41, 5.74) is 7.39. The number of rotatable bonds is 3. The molecule has 0 aromatic heterocycles. The van der Waals surface area contributed by atoms with Crippen LogP contribution in [0.5, 0.6) is 0 Å². The third kappa shape index (κ3) is 3.21. The van der Waals surface area contributed by atoms with Crippen molar-refractivity contribution in [2.24, 2.45) is 5.73 Å². The summed E-state index contributed by atoms with van der Waals surface area (Å²) in [6.45, 7) is 0.887. The minimum atomic E-state index is 0.316. The van der Waals surface area contributed by atoms with Crippen molar-refractivity contribution in [3.63, 3.8) is 0 Å². The van der Waals surface area contributed by atoms with Gasteiger partial charge in [0.25, 0.3) is 0 Å². The summed E-state index contributed by atoms with van der Waals surface area (Å²) >= 11 is 6.19. The van der Waals surface area contributed by atoms with Gasteiger partial charge in [0, 0.05) is 23.7 Å². The predicted molar refractivity (Wildman–Crippen MR) is 73.2 cm³/mol. The number of likely N-dealkylation sites (N-methyl/N-ethyl adjacent to an activating group) is 1. The fourth-order valence-corrected chi connectivity index (χ4v) is 2.90. The molecule has 2 nitrogen and oxygen atoms in total. The van der Waals surface area contributed by atoms with E-state index in [9.17, 15) is 0 Å². The molecule has 1 saturated carbocycles. The van der Waals surface area contributed by atoms with Crippen LogP contribution >= 0.6 is 11.6 Å². The quantitative estimate of drug-likeness (QED) is 0.896. The van der Waals surface area contributed by atoms with Gasteiger partial charge in [0.15, 0.2) is 0 Å². The van der Waals surface area contributed by atoms with E-state index in [0.29, 0.717) is 12.1 Å². The first kappa shape index (κ1) is 12.9. The van der Waals surface area contributed by atoms with E-state index >= 15 is 0 Å². The first-order valence-corrected chi connectivity index (χ1v) is 6.75. The van der Waals surface area contributed by atoms with Crippen LogP contribution in [0.25, 0.3) is 0 Å². The Kier molecular flexibility index (Phi) is 4.43. The number of hydrogen-bond acceptors (Lipinski definition) is 2. The number of nitrogens with two attached hydrogens (primary N) is 1. The van der Waals surface area contributed by atoms with Gasteiger partial charge in [-0.2, -0.15) is 0 Å². The Bertz CT molecular complexity index is 367. The van der Waals surface area contributed by atoms with Crippen LogP contribution in [0.4, 0.5) is 0 Å². The van der Waals surface area contributed by atoms with Crippen LogP contribution in [-0.4, -0.2) is 24.0 Å². The molecule has 0 aliphatic heterocycles. The first-order valence-electron chi connectivity index (χ1n) is 6.37. The number of benzene rings is 1. The summed E-state index contributed by atoms with van der Waals surface area (Å²) in [5.74, 6) is 0. The molecule has 1 aliphatic carbocycles. The van der Waals surface area contributed by atoms with Crippen LogP contribution in [0.2, 0.25) is 5.02 Å². The molecule has 1 aromatic rings. The molecule has 1 fully saturated rings. The topological polar surface area (TPSA) is 29.3 Å². The van der Waals surface area contributed by atoms with Crippen LogP contribution in [0.15, 0.2) is 24.3 Å². The molecule has 2 unspecified atom stereocenters. The van der Waals surface area contributed by atoms with Crippen molar-refractivity contribution in [1.82, 2.24) is 4.90 Å². The minimum absolute atomic E-state index is 0.316. The number of halogens is 1. The van der Waals surface area contributed by atoms with Crippen LogP contribution in [0.3, 0.4) is 0 Å². The lowest BCUT2D eigenvalue weighted by atomic mass is 9.90. The van der Waals surface area contributed by atoms with Crippen molar-refractivity contribution in [3.8, 4) is 0 Å². The Balaban J connectivity index is 2.01. The Morgan fingerprint density at radius 3 is 2.71 bits per heavy atom. The molecule has 17 heavy (non-hydrogen) atoms. The Morgan fingerprint density at radius 2 is 2.00 bits per heavy atom. The van der Waals surface area contributed by atoms with Gasteiger partial charge >= 0.3 is 0 Å². The number of hydrogen-bond donors (Lipinski definition) is 1. The highest BCUT2D eigenvalue weighted by molar-refractivity contribution is 6.31. The van der Waals surface area contributed by atoms with Crippen LogP contribution in [0, 0.1) is 0 Å². The molecule has 1 aliphatic rings. The number of nitrogens with zero attached hydrogens (tertiary/aromatic N) is 1. The molecule has 0 bridgehead atoms. The Labute approximate surface area is 109 Å². The van der Waals surface area contributed by atoms with Crippen molar-refractivity contribution in [1.29, 1.82) is 0 Å². The predicted octanol–water partition coefficient (Wildman–Crippen LogP) is 3.04. The van der Waals surface area contributed by atoms with Crippen molar-refractivity contribution >= 4 is 11.6 Å². The smallest absolute Gasteiger partial charge is 0.0451 e. The molecular weight excluding hydrogens is 232 g/mol. The summed E-state index contributed by atoms with van der Waals surface area (Å²) in [5, 5.41) is 0.851. The fraction of sp³-hybridized carbons (Fsp3) is 0.571. The van der Waals surface area contributed by atoms with Gasteiger partial charge in [0.05, 0.1) is 0 Å². The van der Waals surface area contributed by atoms with Gasteiger partial charge < -0.3 is 5.73 Å². The lowest BCUT2D eigenvalue weighted by Crippen LogP contribution is -2.47. The van der Waals surface area contributed by atoms with Crippen molar-refractivity contribution in [2.45, 2.75) is 44.3 Å². The highest BCUT2D eigenvalue weighted by Gasteiger charge is 2.25. The lowest BCUT2D eigenvalue weighted by Gasteiger charge is -2.36. The summed E-state index contributed by atoms with van der Waals surface area (Å²) in [6, 6.07) is 8.86. The van der Waals surface area contributed by atoms with Crippen LogP contribution in [-0.2, 0) is 6.54 Å². The van der Waals surface area contributed by atoms with E-state index in [1.807, 2.05) is 18.2 Å². The van der Waals surface area contributed by atoms with Crippen molar-refractivity contribution in [2.75, 3.05) is 7.05 Å². The monoisotopic (exact) mass is 252 g/mol. The zero-order chi connectivity index (χ0) is 12.3. The molecule has 0 amide bonds. The Morgan fingerprint density at radius 1 is 1.29 bits per heavy atom. The highest BCUT2D eigenvalue weighted by atomic mass is 35.5. The van der Waals surface area contributed by atoms with E-state index < -0.39 is 0 Å². The zero-order valence-electron chi connectivity index (χ0n) is 10.4. The summed E-state index contributed by atoms with van der Waals surface area (Å²) in [7, 11) is 2.15. The SMILES string of the molecule is CN(Cc1ccccc1Cl)C1CCCCC1N. The fourth-order valence-electron chi connectivity index (χ4n) is 2.70. The molecule has 2 rings (SSSR count). The zero-order valence-corrected chi connectivity index (χ0v) is 11.2. The average Bonchev–Trinajstić information content (AvgIpc) is 2.32. The van der Waals surface area contributed by atoms with Crippen molar-refractivity contribution in [3.05, 3.63) is 34.9 Å². The first-order chi connectivity index (χ1) is 8.18. The average molecular weight is 253 g/mol. The van der Waals surface area contributed by atoms with E-state index in [2.05, 4.69) is 18.0 Å². The normalized spacial score (nSPS) is 25.2. The van der Waals surface area contributed by atoms with Crippen LogP contribution in [0.1, 0.15) is 31.2 Å². The lowest BCUT2D eigenvalue weighted by molar-refractivity contribution is 0.162. The molecule has 1 aromatic carbocycles. The van der Waals surface area contributed by atoms with Gasteiger partial charge in [-0.15, -0.1) is 0 Å². The maximum Gasteiger partial charge on any atom is 0.0451 e. The molecule has 0 heterocycles. The molecule has 2 atom stereocenters. The van der Waals surface area contributed by atoms with E-state index in [1.54, 1.807) is 0 Å². The third-order valence-corrected chi connectivity index (χ3v) is 4.09. The molecule has 2 N–H and O–H groups in total. The third-order valence-electron chi connectivity index (χ3n) is 3.73. The van der Waals surface area contributed by atoms with Crippen molar-refractivity contribution < 1.29 is 0 Å². The molecule has 0 saturated heterocycles. The van der Waals surface area contributed by atoms with Gasteiger partial charge in [-0.3, -0.25) is 4.90 Å². The molecule has 3 heteroatoms. The highest BCUT2D eigenvalue weighted by Crippen LogP contribution is 2.24. The van der Waals surface area contributed by atoms with Gasteiger partial charge in [-0.25, -0.2) is 0 Å². The minimum Gasteiger partial charge on any atom is -0.326 e.